The second kappa shape index (κ2) is 11.1. The first kappa shape index (κ1) is 21.4. The molecule has 0 bridgehead atoms. The summed E-state index contributed by atoms with van der Waals surface area (Å²) in [6.07, 6.45) is 7.43. The third-order valence-electron chi connectivity index (χ3n) is 5.27. The lowest BCUT2D eigenvalue weighted by molar-refractivity contribution is 0.0195. The zero-order valence-electron chi connectivity index (χ0n) is 16.1. The Morgan fingerprint density at radius 3 is 2.81 bits per heavy atom. The summed E-state index contributed by atoms with van der Waals surface area (Å²) in [5, 5.41) is 3.54. The molecule has 3 rings (SSSR count). The summed E-state index contributed by atoms with van der Waals surface area (Å²) >= 11 is 0. The Labute approximate surface area is 174 Å². The van der Waals surface area contributed by atoms with Crippen LogP contribution in [0.1, 0.15) is 25.1 Å². The highest BCUT2D eigenvalue weighted by Crippen LogP contribution is 2.17. The number of likely N-dealkylation sites (tertiary alicyclic amines) is 1. The summed E-state index contributed by atoms with van der Waals surface area (Å²) in [6, 6.07) is 0.645. The highest BCUT2D eigenvalue weighted by molar-refractivity contribution is 14.0. The predicted molar refractivity (Wildman–Crippen MR) is 115 cm³/mol. The maximum Gasteiger partial charge on any atom is 0.193 e. The van der Waals surface area contributed by atoms with E-state index in [1.54, 1.807) is 0 Å². The van der Waals surface area contributed by atoms with Gasteiger partial charge in [0.15, 0.2) is 5.96 Å². The molecule has 0 saturated carbocycles. The molecular formula is C18H33IN6O. The molecular weight excluding hydrogens is 443 g/mol. The second-order valence-corrected chi connectivity index (χ2v) is 6.89. The minimum absolute atomic E-state index is 0. The molecule has 1 N–H and O–H groups in total. The third-order valence-corrected chi connectivity index (χ3v) is 5.27. The first-order chi connectivity index (χ1) is 12.3. The number of unbranched alkanes of at least 4 members (excludes halogenated alkanes) is 1. The Morgan fingerprint density at radius 2 is 2.12 bits per heavy atom. The Bertz CT molecular complexity index is 558. The van der Waals surface area contributed by atoms with Crippen LogP contribution in [0.5, 0.6) is 0 Å². The molecule has 2 aliphatic heterocycles. The largest absolute Gasteiger partial charge is 0.379 e. The quantitative estimate of drug-likeness (QED) is 0.293. The fourth-order valence-electron chi connectivity index (χ4n) is 3.75. The number of halogens is 1. The van der Waals surface area contributed by atoms with Crippen LogP contribution < -0.4 is 5.32 Å². The molecule has 0 aromatic carbocycles. The number of aryl methyl sites for hydroxylation is 2. The van der Waals surface area contributed by atoms with Crippen molar-refractivity contribution in [3.63, 3.8) is 0 Å². The highest BCUT2D eigenvalue weighted by Gasteiger charge is 2.30. The average molecular weight is 476 g/mol. The molecule has 26 heavy (non-hydrogen) atoms. The first-order valence-corrected chi connectivity index (χ1v) is 9.53. The van der Waals surface area contributed by atoms with E-state index in [0.29, 0.717) is 6.04 Å². The molecule has 2 aliphatic rings. The molecule has 8 heteroatoms. The van der Waals surface area contributed by atoms with Crippen LogP contribution in [0.4, 0.5) is 0 Å². The fourth-order valence-corrected chi connectivity index (χ4v) is 3.75. The number of morpholine rings is 1. The minimum atomic E-state index is 0. The number of imidazole rings is 1. The van der Waals surface area contributed by atoms with Crippen LogP contribution in [0.2, 0.25) is 0 Å². The zero-order valence-corrected chi connectivity index (χ0v) is 18.4. The summed E-state index contributed by atoms with van der Waals surface area (Å²) < 4.78 is 7.68. The van der Waals surface area contributed by atoms with Gasteiger partial charge in [-0.1, -0.05) is 0 Å². The van der Waals surface area contributed by atoms with Gasteiger partial charge in [0.2, 0.25) is 0 Å². The number of nitrogens with one attached hydrogen (secondary N) is 1. The van der Waals surface area contributed by atoms with E-state index < -0.39 is 0 Å². The number of hydrogen-bond acceptors (Lipinski definition) is 4. The van der Waals surface area contributed by atoms with Gasteiger partial charge in [0.05, 0.1) is 13.2 Å². The second-order valence-electron chi connectivity index (χ2n) is 6.89. The van der Waals surface area contributed by atoms with Gasteiger partial charge >= 0.3 is 0 Å². The number of hydrogen-bond donors (Lipinski definition) is 1. The fraction of sp³-hybridized carbons (Fsp3) is 0.778. The van der Waals surface area contributed by atoms with Crippen molar-refractivity contribution in [2.24, 2.45) is 4.99 Å². The molecule has 0 aliphatic carbocycles. The molecule has 2 fully saturated rings. The Balaban J connectivity index is 0.00000243. The van der Waals surface area contributed by atoms with Gasteiger partial charge in [0.1, 0.15) is 5.82 Å². The molecule has 1 aromatic rings. The van der Waals surface area contributed by atoms with Crippen LogP contribution in [-0.4, -0.2) is 84.3 Å². The van der Waals surface area contributed by atoms with Gasteiger partial charge in [-0.05, 0) is 26.2 Å². The average Bonchev–Trinajstić information content (AvgIpc) is 3.28. The summed E-state index contributed by atoms with van der Waals surface area (Å²) in [7, 11) is 1.89. The van der Waals surface area contributed by atoms with E-state index in [1.165, 1.54) is 6.42 Å². The van der Waals surface area contributed by atoms with Gasteiger partial charge in [0, 0.05) is 64.8 Å². The highest BCUT2D eigenvalue weighted by atomic mass is 127. The van der Waals surface area contributed by atoms with E-state index in [4.69, 9.17) is 4.74 Å². The van der Waals surface area contributed by atoms with E-state index in [1.807, 2.05) is 13.2 Å². The topological polar surface area (TPSA) is 57.9 Å². The lowest BCUT2D eigenvalue weighted by Gasteiger charge is -2.32. The van der Waals surface area contributed by atoms with Gasteiger partial charge < -0.3 is 19.5 Å². The maximum absolute atomic E-state index is 5.47. The summed E-state index contributed by atoms with van der Waals surface area (Å²) in [5.74, 6) is 2.14. The number of rotatable bonds is 6. The SMILES string of the molecule is CN=C(NCCCCn1ccnc1C)N1CCC(N2CCOCC2)C1.I. The lowest BCUT2D eigenvalue weighted by atomic mass is 10.2. The monoisotopic (exact) mass is 476 g/mol. The van der Waals surface area contributed by atoms with Crippen LogP contribution in [0.15, 0.2) is 17.4 Å². The molecule has 0 radical (unpaired) electrons. The number of aliphatic imine (C=N–C) groups is 1. The van der Waals surface area contributed by atoms with Crippen molar-refractivity contribution in [2.75, 3.05) is 53.0 Å². The van der Waals surface area contributed by atoms with Crippen molar-refractivity contribution in [1.82, 2.24) is 24.7 Å². The molecule has 7 nitrogen and oxygen atoms in total. The Morgan fingerprint density at radius 1 is 1.31 bits per heavy atom. The molecule has 0 spiro atoms. The van der Waals surface area contributed by atoms with Crippen molar-refractivity contribution in [3.05, 3.63) is 18.2 Å². The van der Waals surface area contributed by atoms with Crippen LogP contribution in [0.25, 0.3) is 0 Å². The van der Waals surface area contributed by atoms with Gasteiger partial charge in [-0.15, -0.1) is 24.0 Å². The summed E-state index contributed by atoms with van der Waals surface area (Å²) in [4.78, 5) is 13.7. The van der Waals surface area contributed by atoms with Crippen LogP contribution in [0.3, 0.4) is 0 Å². The smallest absolute Gasteiger partial charge is 0.193 e. The molecule has 3 heterocycles. The molecule has 0 amide bonds. The van der Waals surface area contributed by atoms with Gasteiger partial charge in [-0.2, -0.15) is 0 Å². The van der Waals surface area contributed by atoms with Crippen LogP contribution >= 0.6 is 24.0 Å². The number of aromatic nitrogens is 2. The van der Waals surface area contributed by atoms with E-state index in [9.17, 15) is 0 Å². The standard InChI is InChI=1S/C18H32N6O.HI/c1-16-20-7-10-22(16)8-4-3-6-21-18(19-2)24-9-5-17(15-24)23-11-13-25-14-12-23;/h7,10,17H,3-6,8-9,11-15H2,1-2H3,(H,19,21);1H. The van der Waals surface area contributed by atoms with E-state index in [-0.39, 0.29) is 24.0 Å². The first-order valence-electron chi connectivity index (χ1n) is 9.53. The minimum Gasteiger partial charge on any atom is -0.379 e. The van der Waals surface area contributed by atoms with E-state index in [2.05, 4.69) is 42.8 Å². The van der Waals surface area contributed by atoms with E-state index >= 15 is 0 Å². The Hall–Kier alpha value is -0.870. The molecule has 148 valence electrons. The summed E-state index contributed by atoms with van der Waals surface area (Å²) in [5.41, 5.74) is 0. The third kappa shape index (κ3) is 5.82. The number of ether oxygens (including phenoxy) is 1. The van der Waals surface area contributed by atoms with E-state index in [0.717, 1.165) is 77.1 Å². The van der Waals surface area contributed by atoms with Crippen LogP contribution in [0, 0.1) is 6.92 Å². The summed E-state index contributed by atoms with van der Waals surface area (Å²) in [6.45, 7) is 10.1. The van der Waals surface area contributed by atoms with Gasteiger partial charge in [-0.25, -0.2) is 4.98 Å². The lowest BCUT2D eigenvalue weighted by Crippen LogP contribution is -2.46. The number of nitrogens with zero attached hydrogens (tertiary/aromatic N) is 5. The van der Waals surface area contributed by atoms with Crippen molar-refractivity contribution in [3.8, 4) is 0 Å². The zero-order chi connectivity index (χ0) is 17.5. The van der Waals surface area contributed by atoms with Gasteiger partial charge in [0.25, 0.3) is 0 Å². The van der Waals surface area contributed by atoms with Crippen molar-refractivity contribution >= 4 is 29.9 Å². The maximum atomic E-state index is 5.47. The predicted octanol–water partition coefficient (Wildman–Crippen LogP) is 1.57. The molecule has 1 aromatic heterocycles. The molecule has 1 atom stereocenters. The molecule has 2 saturated heterocycles. The number of guanidine groups is 1. The van der Waals surface area contributed by atoms with Crippen molar-refractivity contribution in [1.29, 1.82) is 0 Å². The van der Waals surface area contributed by atoms with Gasteiger partial charge in [-0.3, -0.25) is 9.89 Å². The van der Waals surface area contributed by atoms with Crippen molar-refractivity contribution in [2.45, 2.75) is 38.8 Å². The normalized spacial score (nSPS) is 21.7. The van der Waals surface area contributed by atoms with Crippen molar-refractivity contribution < 1.29 is 4.74 Å². The molecule has 1 unspecified atom stereocenters. The Kier molecular flexibility index (Phi) is 9.13. The van der Waals surface area contributed by atoms with Crippen LogP contribution in [-0.2, 0) is 11.3 Å².